The predicted octanol–water partition coefficient (Wildman–Crippen LogP) is 0.393. The van der Waals surface area contributed by atoms with Crippen molar-refractivity contribution in [1.82, 2.24) is 0 Å². The Morgan fingerprint density at radius 1 is 1.46 bits per heavy atom. The Labute approximate surface area is 76.6 Å². The maximum Gasteiger partial charge on any atom is 0.122 e. The first-order valence-corrected chi connectivity index (χ1v) is 3.93. The summed E-state index contributed by atoms with van der Waals surface area (Å²) in [5.41, 5.74) is 5.83. The highest BCUT2D eigenvalue weighted by Crippen LogP contribution is 2.24. The SMILES string of the molecule is COc1cc(O)cc([C@@H](O)CN)c1. The van der Waals surface area contributed by atoms with Crippen LogP contribution < -0.4 is 10.5 Å². The van der Waals surface area contributed by atoms with Crippen LogP contribution in [0.1, 0.15) is 11.7 Å². The summed E-state index contributed by atoms with van der Waals surface area (Å²) in [6, 6.07) is 4.56. The van der Waals surface area contributed by atoms with Gasteiger partial charge in [-0.3, -0.25) is 0 Å². The monoisotopic (exact) mass is 183 g/mol. The Kier molecular flexibility index (Phi) is 3.11. The van der Waals surface area contributed by atoms with E-state index in [0.717, 1.165) is 0 Å². The molecule has 0 aliphatic rings. The second-order valence-electron chi connectivity index (χ2n) is 2.72. The Morgan fingerprint density at radius 2 is 2.15 bits per heavy atom. The number of ether oxygens (including phenoxy) is 1. The first kappa shape index (κ1) is 9.83. The van der Waals surface area contributed by atoms with E-state index in [2.05, 4.69) is 0 Å². The molecule has 4 nitrogen and oxygen atoms in total. The number of rotatable bonds is 3. The summed E-state index contributed by atoms with van der Waals surface area (Å²) in [7, 11) is 1.49. The Balaban J connectivity index is 3.01. The zero-order chi connectivity index (χ0) is 9.84. The number of methoxy groups -OCH3 is 1. The van der Waals surface area contributed by atoms with Gasteiger partial charge in [-0.1, -0.05) is 0 Å². The van der Waals surface area contributed by atoms with E-state index in [9.17, 15) is 10.2 Å². The minimum absolute atomic E-state index is 0.0573. The zero-order valence-corrected chi connectivity index (χ0v) is 7.40. The van der Waals surface area contributed by atoms with Crippen LogP contribution in [-0.2, 0) is 0 Å². The first-order valence-electron chi connectivity index (χ1n) is 3.93. The van der Waals surface area contributed by atoms with Crippen LogP contribution in [0.5, 0.6) is 11.5 Å². The van der Waals surface area contributed by atoms with Crippen molar-refractivity contribution in [2.45, 2.75) is 6.10 Å². The van der Waals surface area contributed by atoms with E-state index in [0.29, 0.717) is 11.3 Å². The summed E-state index contributed by atoms with van der Waals surface area (Å²) in [6.07, 6.45) is -0.763. The molecular formula is C9H13NO3. The smallest absolute Gasteiger partial charge is 0.122 e. The first-order chi connectivity index (χ1) is 6.17. The molecule has 0 saturated heterocycles. The van der Waals surface area contributed by atoms with Crippen LogP contribution in [0.2, 0.25) is 0 Å². The molecule has 0 amide bonds. The summed E-state index contributed by atoms with van der Waals surface area (Å²) in [5.74, 6) is 0.560. The van der Waals surface area contributed by atoms with Gasteiger partial charge in [0.1, 0.15) is 11.5 Å². The van der Waals surface area contributed by atoms with Crippen molar-refractivity contribution < 1.29 is 14.9 Å². The maximum absolute atomic E-state index is 9.38. The lowest BCUT2D eigenvalue weighted by Gasteiger charge is -2.10. The van der Waals surface area contributed by atoms with E-state index in [-0.39, 0.29) is 12.3 Å². The summed E-state index contributed by atoms with van der Waals surface area (Å²) in [4.78, 5) is 0. The average Bonchev–Trinajstić information content (AvgIpc) is 2.15. The minimum Gasteiger partial charge on any atom is -0.508 e. The number of aromatic hydroxyl groups is 1. The van der Waals surface area contributed by atoms with Crippen LogP contribution in [-0.4, -0.2) is 23.9 Å². The number of nitrogens with two attached hydrogens (primary N) is 1. The van der Waals surface area contributed by atoms with Crippen molar-refractivity contribution in [3.63, 3.8) is 0 Å². The Bertz CT molecular complexity index is 288. The summed E-state index contributed by atoms with van der Waals surface area (Å²) in [5, 5.41) is 18.6. The van der Waals surface area contributed by atoms with Crippen molar-refractivity contribution in [1.29, 1.82) is 0 Å². The molecule has 4 heteroatoms. The van der Waals surface area contributed by atoms with Gasteiger partial charge in [0.2, 0.25) is 0 Å². The van der Waals surface area contributed by atoms with Crippen molar-refractivity contribution in [2.24, 2.45) is 5.73 Å². The largest absolute Gasteiger partial charge is 0.508 e. The fourth-order valence-corrected chi connectivity index (χ4v) is 1.05. The number of hydrogen-bond acceptors (Lipinski definition) is 4. The normalized spacial score (nSPS) is 12.5. The van der Waals surface area contributed by atoms with Gasteiger partial charge in [-0.05, 0) is 17.7 Å². The summed E-state index contributed by atoms with van der Waals surface area (Å²) in [6.45, 7) is 0.118. The molecule has 0 aliphatic carbocycles. The van der Waals surface area contributed by atoms with Gasteiger partial charge in [0.25, 0.3) is 0 Å². The maximum atomic E-state index is 9.38. The topological polar surface area (TPSA) is 75.7 Å². The van der Waals surface area contributed by atoms with Gasteiger partial charge in [-0.25, -0.2) is 0 Å². The molecule has 1 aromatic carbocycles. The number of aliphatic hydroxyl groups is 1. The second-order valence-corrected chi connectivity index (χ2v) is 2.72. The molecule has 0 aromatic heterocycles. The lowest BCUT2D eigenvalue weighted by molar-refractivity contribution is 0.186. The van der Waals surface area contributed by atoms with Gasteiger partial charge in [-0.2, -0.15) is 0 Å². The van der Waals surface area contributed by atoms with Crippen LogP contribution in [0, 0.1) is 0 Å². The van der Waals surface area contributed by atoms with Gasteiger partial charge in [0, 0.05) is 12.6 Å². The van der Waals surface area contributed by atoms with Crippen LogP contribution in [0.25, 0.3) is 0 Å². The van der Waals surface area contributed by atoms with E-state index in [4.69, 9.17) is 10.5 Å². The molecule has 1 atom stereocenters. The van der Waals surface area contributed by atoms with Crippen LogP contribution in [0.15, 0.2) is 18.2 Å². The second kappa shape index (κ2) is 4.11. The van der Waals surface area contributed by atoms with E-state index >= 15 is 0 Å². The summed E-state index contributed by atoms with van der Waals surface area (Å²) < 4.78 is 4.92. The molecule has 0 unspecified atom stereocenters. The van der Waals surface area contributed by atoms with Crippen LogP contribution in [0.3, 0.4) is 0 Å². The molecular weight excluding hydrogens is 170 g/mol. The molecule has 0 spiro atoms. The quantitative estimate of drug-likeness (QED) is 0.633. The van der Waals surface area contributed by atoms with E-state index in [1.807, 2.05) is 0 Å². The van der Waals surface area contributed by atoms with Gasteiger partial charge in [0.05, 0.1) is 13.2 Å². The highest BCUT2D eigenvalue weighted by Gasteiger charge is 2.07. The molecule has 4 N–H and O–H groups in total. The Morgan fingerprint density at radius 3 is 2.69 bits per heavy atom. The fraction of sp³-hybridized carbons (Fsp3) is 0.333. The van der Waals surface area contributed by atoms with E-state index in [1.54, 1.807) is 6.07 Å². The molecule has 0 saturated carbocycles. The van der Waals surface area contributed by atoms with E-state index in [1.165, 1.54) is 19.2 Å². The number of benzene rings is 1. The number of aliphatic hydroxyl groups excluding tert-OH is 1. The summed E-state index contributed by atoms with van der Waals surface area (Å²) >= 11 is 0. The third-order valence-corrected chi connectivity index (χ3v) is 1.76. The predicted molar refractivity (Wildman–Crippen MR) is 48.7 cm³/mol. The standard InChI is InChI=1S/C9H13NO3/c1-13-8-3-6(9(12)5-10)2-7(11)4-8/h2-4,9,11-12H,5,10H2,1H3/t9-/m0/s1. The lowest BCUT2D eigenvalue weighted by Crippen LogP contribution is -2.11. The molecule has 0 aliphatic heterocycles. The molecule has 1 rings (SSSR count). The van der Waals surface area contributed by atoms with Crippen molar-refractivity contribution in [3.8, 4) is 11.5 Å². The van der Waals surface area contributed by atoms with Crippen molar-refractivity contribution >= 4 is 0 Å². The third kappa shape index (κ3) is 2.34. The van der Waals surface area contributed by atoms with Crippen LogP contribution in [0.4, 0.5) is 0 Å². The van der Waals surface area contributed by atoms with Gasteiger partial charge >= 0.3 is 0 Å². The molecule has 0 radical (unpaired) electrons. The lowest BCUT2D eigenvalue weighted by atomic mass is 10.1. The molecule has 0 heterocycles. The molecule has 0 bridgehead atoms. The number of phenolic OH excluding ortho intramolecular Hbond substituents is 1. The minimum atomic E-state index is -0.763. The van der Waals surface area contributed by atoms with Gasteiger partial charge in [-0.15, -0.1) is 0 Å². The molecule has 72 valence electrons. The number of hydrogen-bond donors (Lipinski definition) is 3. The van der Waals surface area contributed by atoms with Crippen molar-refractivity contribution in [2.75, 3.05) is 13.7 Å². The molecule has 1 aromatic rings. The highest BCUT2D eigenvalue weighted by molar-refractivity contribution is 5.38. The van der Waals surface area contributed by atoms with Gasteiger partial charge < -0.3 is 20.7 Å². The van der Waals surface area contributed by atoms with Crippen LogP contribution >= 0.6 is 0 Å². The molecule has 0 fully saturated rings. The molecule has 13 heavy (non-hydrogen) atoms. The number of phenols is 1. The average molecular weight is 183 g/mol. The van der Waals surface area contributed by atoms with Gasteiger partial charge in [0.15, 0.2) is 0 Å². The fourth-order valence-electron chi connectivity index (χ4n) is 1.05. The third-order valence-electron chi connectivity index (χ3n) is 1.76. The Hall–Kier alpha value is -1.26. The zero-order valence-electron chi connectivity index (χ0n) is 7.40. The van der Waals surface area contributed by atoms with E-state index < -0.39 is 6.10 Å². The highest BCUT2D eigenvalue weighted by atomic mass is 16.5. The van der Waals surface area contributed by atoms with Crippen molar-refractivity contribution in [3.05, 3.63) is 23.8 Å².